The molecule has 1 aliphatic rings. The Morgan fingerprint density at radius 2 is 1.81 bits per heavy atom. The molecule has 0 fully saturated rings. The van der Waals surface area contributed by atoms with E-state index in [0.717, 1.165) is 31.5 Å². The van der Waals surface area contributed by atoms with E-state index in [1.807, 2.05) is 37.3 Å². The minimum atomic E-state index is -0.454. The van der Waals surface area contributed by atoms with Crippen LogP contribution in [0.15, 0.2) is 54.6 Å². The summed E-state index contributed by atoms with van der Waals surface area (Å²) in [5.41, 5.74) is 3.94. The number of nitrogens with zero attached hydrogens (tertiary/aromatic N) is 1. The molecule has 0 saturated carbocycles. The molecule has 3 rings (SSSR count). The van der Waals surface area contributed by atoms with Gasteiger partial charge < -0.3 is 10.1 Å². The van der Waals surface area contributed by atoms with Crippen molar-refractivity contribution in [2.75, 3.05) is 13.1 Å². The van der Waals surface area contributed by atoms with Gasteiger partial charge in [-0.1, -0.05) is 61.5 Å². The average molecular weight is 367 g/mol. The van der Waals surface area contributed by atoms with Crippen molar-refractivity contribution in [3.05, 3.63) is 71.3 Å². The fraction of sp³-hybridized carbons (Fsp3) is 0.435. The second kappa shape index (κ2) is 9.67. The number of rotatable bonds is 8. The summed E-state index contributed by atoms with van der Waals surface area (Å²) in [6.07, 6.45) is 1.64. The van der Waals surface area contributed by atoms with E-state index in [0.29, 0.717) is 19.2 Å². The minimum absolute atomic E-state index is 0.0400. The molecule has 1 N–H and O–H groups in total. The predicted octanol–water partition coefficient (Wildman–Crippen LogP) is 3.54. The van der Waals surface area contributed by atoms with E-state index in [4.69, 9.17) is 4.74 Å². The second-order valence-corrected chi connectivity index (χ2v) is 7.24. The smallest absolute Gasteiger partial charge is 0.248 e. The normalized spacial score (nSPS) is 16.4. The van der Waals surface area contributed by atoms with Crippen LogP contribution in [0.25, 0.3) is 0 Å². The molecule has 2 aromatic carbocycles. The van der Waals surface area contributed by atoms with Gasteiger partial charge in [-0.3, -0.25) is 9.69 Å². The summed E-state index contributed by atoms with van der Waals surface area (Å²) in [4.78, 5) is 14.9. The zero-order valence-corrected chi connectivity index (χ0v) is 16.4. The highest BCUT2D eigenvalue weighted by Crippen LogP contribution is 2.21. The van der Waals surface area contributed by atoms with E-state index in [1.165, 1.54) is 11.1 Å². The summed E-state index contributed by atoms with van der Waals surface area (Å²) in [6, 6.07) is 19.0. The summed E-state index contributed by atoms with van der Waals surface area (Å²) in [5, 5.41) is 3.09. The second-order valence-electron chi connectivity index (χ2n) is 7.24. The summed E-state index contributed by atoms with van der Waals surface area (Å²) >= 11 is 0. The van der Waals surface area contributed by atoms with Crippen molar-refractivity contribution in [3.63, 3.8) is 0 Å². The Kier molecular flexibility index (Phi) is 7.02. The molecule has 0 bridgehead atoms. The van der Waals surface area contributed by atoms with Gasteiger partial charge in [0.2, 0.25) is 5.91 Å². The first-order chi connectivity index (χ1) is 13.2. The molecule has 0 radical (unpaired) electrons. The van der Waals surface area contributed by atoms with Crippen molar-refractivity contribution in [2.24, 2.45) is 0 Å². The van der Waals surface area contributed by atoms with Crippen LogP contribution in [0.2, 0.25) is 0 Å². The summed E-state index contributed by atoms with van der Waals surface area (Å²) in [7, 11) is 0. The van der Waals surface area contributed by atoms with E-state index in [2.05, 4.69) is 41.4 Å². The molecule has 1 aliphatic heterocycles. The fourth-order valence-corrected chi connectivity index (χ4v) is 3.59. The lowest BCUT2D eigenvalue weighted by atomic mass is 9.98. The van der Waals surface area contributed by atoms with Gasteiger partial charge in [0.25, 0.3) is 0 Å². The molecule has 4 heteroatoms. The molecule has 0 aliphatic carbocycles. The molecule has 0 spiro atoms. The summed E-state index contributed by atoms with van der Waals surface area (Å²) in [6.45, 7) is 7.13. The van der Waals surface area contributed by atoms with Gasteiger partial charge in [0.05, 0.1) is 6.61 Å². The van der Waals surface area contributed by atoms with Crippen molar-refractivity contribution in [2.45, 2.75) is 52.0 Å². The predicted molar refractivity (Wildman–Crippen MR) is 108 cm³/mol. The Labute approximate surface area is 162 Å². The molecule has 4 nitrogen and oxygen atoms in total. The third-order valence-electron chi connectivity index (χ3n) is 5.37. The van der Waals surface area contributed by atoms with Crippen molar-refractivity contribution in [1.82, 2.24) is 10.2 Å². The Morgan fingerprint density at radius 3 is 2.56 bits per heavy atom. The van der Waals surface area contributed by atoms with Crippen LogP contribution in [-0.2, 0) is 29.1 Å². The molecule has 0 aromatic heterocycles. The van der Waals surface area contributed by atoms with Gasteiger partial charge in [-0.05, 0) is 36.5 Å². The van der Waals surface area contributed by atoms with Crippen LogP contribution in [0.4, 0.5) is 0 Å². The maximum absolute atomic E-state index is 12.4. The maximum Gasteiger partial charge on any atom is 0.248 e. The highest BCUT2D eigenvalue weighted by molar-refractivity contribution is 5.80. The SMILES string of the molecule is CC[C@H](CNC(=O)[C@H](C)OCc1ccccc1)N1CCc2ccccc2C1. The van der Waals surface area contributed by atoms with Crippen LogP contribution < -0.4 is 5.32 Å². The molecule has 144 valence electrons. The quantitative estimate of drug-likeness (QED) is 0.777. The van der Waals surface area contributed by atoms with E-state index >= 15 is 0 Å². The molecule has 0 saturated heterocycles. The Bertz CT molecular complexity index is 732. The molecular formula is C23H30N2O2. The van der Waals surface area contributed by atoms with Gasteiger partial charge >= 0.3 is 0 Å². The first-order valence-corrected chi connectivity index (χ1v) is 9.91. The number of ether oxygens (including phenoxy) is 1. The number of hydrogen-bond donors (Lipinski definition) is 1. The Balaban J connectivity index is 1.46. The van der Waals surface area contributed by atoms with Gasteiger partial charge in [-0.25, -0.2) is 0 Å². The number of carbonyl (C=O) groups is 1. The molecule has 27 heavy (non-hydrogen) atoms. The summed E-state index contributed by atoms with van der Waals surface area (Å²) in [5.74, 6) is -0.0400. The lowest BCUT2D eigenvalue weighted by Crippen LogP contribution is -2.47. The van der Waals surface area contributed by atoms with E-state index < -0.39 is 6.10 Å². The van der Waals surface area contributed by atoms with Crippen molar-refractivity contribution >= 4 is 5.91 Å². The highest BCUT2D eigenvalue weighted by Gasteiger charge is 2.23. The van der Waals surface area contributed by atoms with Crippen LogP contribution in [0.5, 0.6) is 0 Å². The van der Waals surface area contributed by atoms with Gasteiger partial charge in [0.1, 0.15) is 6.10 Å². The van der Waals surface area contributed by atoms with E-state index in [1.54, 1.807) is 0 Å². The van der Waals surface area contributed by atoms with E-state index in [9.17, 15) is 4.79 Å². The maximum atomic E-state index is 12.4. The van der Waals surface area contributed by atoms with Crippen LogP contribution in [0, 0.1) is 0 Å². The summed E-state index contributed by atoms with van der Waals surface area (Å²) < 4.78 is 5.72. The van der Waals surface area contributed by atoms with Crippen LogP contribution >= 0.6 is 0 Å². The number of amides is 1. The fourth-order valence-electron chi connectivity index (χ4n) is 3.59. The standard InChI is InChI=1S/C23H30N2O2/c1-3-22(25-14-13-20-11-7-8-12-21(20)16-25)15-24-23(26)18(2)27-17-19-9-5-4-6-10-19/h4-12,18,22H,3,13-17H2,1-2H3,(H,24,26)/t18-,22+/m0/s1. The lowest BCUT2D eigenvalue weighted by Gasteiger charge is -2.35. The van der Waals surface area contributed by atoms with Crippen LogP contribution in [0.1, 0.15) is 37.0 Å². The molecular weight excluding hydrogens is 336 g/mol. The Morgan fingerprint density at radius 1 is 1.11 bits per heavy atom. The third kappa shape index (κ3) is 5.41. The Hall–Kier alpha value is -2.17. The number of fused-ring (bicyclic) bond motifs is 1. The zero-order valence-electron chi connectivity index (χ0n) is 16.4. The first kappa shape index (κ1) is 19.6. The van der Waals surface area contributed by atoms with Gasteiger partial charge in [-0.15, -0.1) is 0 Å². The van der Waals surface area contributed by atoms with E-state index in [-0.39, 0.29) is 5.91 Å². The average Bonchev–Trinajstić information content (AvgIpc) is 2.73. The zero-order chi connectivity index (χ0) is 19.1. The van der Waals surface area contributed by atoms with Crippen molar-refractivity contribution in [3.8, 4) is 0 Å². The number of carbonyl (C=O) groups excluding carboxylic acids is 1. The number of nitrogens with one attached hydrogen (secondary N) is 1. The highest BCUT2D eigenvalue weighted by atomic mass is 16.5. The lowest BCUT2D eigenvalue weighted by molar-refractivity contribution is -0.132. The monoisotopic (exact) mass is 366 g/mol. The van der Waals surface area contributed by atoms with Crippen LogP contribution in [0.3, 0.4) is 0 Å². The third-order valence-corrected chi connectivity index (χ3v) is 5.37. The molecule has 2 atom stereocenters. The largest absolute Gasteiger partial charge is 0.364 e. The molecule has 1 amide bonds. The topological polar surface area (TPSA) is 41.6 Å². The van der Waals surface area contributed by atoms with Gasteiger partial charge in [0.15, 0.2) is 0 Å². The minimum Gasteiger partial charge on any atom is -0.364 e. The van der Waals surface area contributed by atoms with Crippen molar-refractivity contribution < 1.29 is 9.53 Å². The first-order valence-electron chi connectivity index (χ1n) is 9.91. The number of benzene rings is 2. The molecule has 1 heterocycles. The molecule has 0 unspecified atom stereocenters. The van der Waals surface area contributed by atoms with Crippen LogP contribution in [-0.4, -0.2) is 36.0 Å². The van der Waals surface area contributed by atoms with Gasteiger partial charge in [0, 0.05) is 25.7 Å². The number of hydrogen-bond acceptors (Lipinski definition) is 3. The van der Waals surface area contributed by atoms with Gasteiger partial charge in [-0.2, -0.15) is 0 Å². The molecule has 2 aromatic rings. The van der Waals surface area contributed by atoms with Crippen molar-refractivity contribution in [1.29, 1.82) is 0 Å².